The molecule has 0 radical (unpaired) electrons. The molecule has 2 aromatic carbocycles. The van der Waals surface area contributed by atoms with E-state index in [0.29, 0.717) is 22.0 Å². The molecular weight excluding hydrogens is 344 g/mol. The molecule has 2 rings (SSSR count). The third kappa shape index (κ3) is 3.43. The van der Waals surface area contributed by atoms with Crippen molar-refractivity contribution in [2.45, 2.75) is 0 Å². The van der Waals surface area contributed by atoms with Gasteiger partial charge in [-0.15, -0.1) is 0 Å². The second-order valence-corrected chi connectivity index (χ2v) is 5.16. The van der Waals surface area contributed by atoms with Crippen molar-refractivity contribution in [2.24, 2.45) is 5.10 Å². The van der Waals surface area contributed by atoms with Crippen LogP contribution >= 0.6 is 27.5 Å². The lowest BCUT2D eigenvalue weighted by atomic mass is 10.2. The summed E-state index contributed by atoms with van der Waals surface area (Å²) in [5, 5.41) is 14.4. The number of anilines is 1. The Morgan fingerprint density at radius 1 is 1.35 bits per heavy atom. The number of aromatic hydroxyl groups is 1. The molecule has 0 saturated heterocycles. The Morgan fingerprint density at radius 2 is 2.10 bits per heavy atom. The number of nitrogens with zero attached hydrogens (tertiary/aromatic N) is 1. The maximum atomic E-state index is 9.73. The van der Waals surface area contributed by atoms with E-state index in [9.17, 15) is 5.11 Å². The fourth-order valence-electron chi connectivity index (χ4n) is 1.55. The monoisotopic (exact) mass is 354 g/mol. The first-order valence-electron chi connectivity index (χ1n) is 5.72. The van der Waals surface area contributed by atoms with E-state index < -0.39 is 0 Å². The minimum atomic E-state index is 0.0508. The zero-order valence-corrected chi connectivity index (χ0v) is 12.9. The van der Waals surface area contributed by atoms with Crippen molar-refractivity contribution in [1.29, 1.82) is 0 Å². The van der Waals surface area contributed by atoms with Crippen LogP contribution in [0, 0.1) is 0 Å². The minimum Gasteiger partial charge on any atom is -0.504 e. The SMILES string of the molecule is COc1cc(Br)c(/C=N\Nc2ccccc2Cl)cc1O. The highest BCUT2D eigenvalue weighted by Crippen LogP contribution is 2.31. The molecule has 0 heterocycles. The number of hydrogen-bond donors (Lipinski definition) is 2. The molecule has 0 spiro atoms. The van der Waals surface area contributed by atoms with Crippen LogP contribution in [0.3, 0.4) is 0 Å². The molecule has 6 heteroatoms. The van der Waals surface area contributed by atoms with E-state index >= 15 is 0 Å². The second-order valence-electron chi connectivity index (χ2n) is 3.90. The van der Waals surface area contributed by atoms with E-state index in [2.05, 4.69) is 26.5 Å². The second kappa shape index (κ2) is 6.63. The molecule has 0 aliphatic heterocycles. The van der Waals surface area contributed by atoms with Crippen molar-refractivity contribution in [3.63, 3.8) is 0 Å². The first-order valence-corrected chi connectivity index (χ1v) is 6.89. The molecular formula is C14H12BrClN2O2. The van der Waals surface area contributed by atoms with Crippen LogP contribution in [0.25, 0.3) is 0 Å². The molecule has 104 valence electrons. The zero-order valence-electron chi connectivity index (χ0n) is 10.6. The Morgan fingerprint density at radius 3 is 2.80 bits per heavy atom. The normalized spacial score (nSPS) is 10.8. The molecule has 0 unspecified atom stereocenters. The molecule has 0 saturated carbocycles. The van der Waals surface area contributed by atoms with Gasteiger partial charge in [-0.2, -0.15) is 5.10 Å². The van der Waals surface area contributed by atoms with E-state index in [1.165, 1.54) is 7.11 Å². The van der Waals surface area contributed by atoms with E-state index in [1.807, 2.05) is 18.2 Å². The molecule has 0 aliphatic rings. The molecule has 2 N–H and O–H groups in total. The van der Waals surface area contributed by atoms with Gasteiger partial charge in [-0.05, 0) is 40.2 Å². The first kappa shape index (κ1) is 14.7. The van der Waals surface area contributed by atoms with E-state index in [1.54, 1.807) is 24.4 Å². The van der Waals surface area contributed by atoms with E-state index in [0.717, 1.165) is 4.47 Å². The molecule has 0 amide bonds. The maximum Gasteiger partial charge on any atom is 0.161 e. The number of rotatable bonds is 4. The van der Waals surface area contributed by atoms with Crippen LogP contribution in [0.2, 0.25) is 5.02 Å². The van der Waals surface area contributed by atoms with Gasteiger partial charge in [0, 0.05) is 10.0 Å². The fraction of sp³-hybridized carbons (Fsp3) is 0.0714. The molecule has 0 bridgehead atoms. The number of phenols is 1. The van der Waals surface area contributed by atoms with E-state index in [4.69, 9.17) is 16.3 Å². The number of methoxy groups -OCH3 is 1. The van der Waals surface area contributed by atoms with Crippen molar-refractivity contribution in [2.75, 3.05) is 12.5 Å². The number of benzene rings is 2. The Labute approximate surface area is 130 Å². The summed E-state index contributed by atoms with van der Waals surface area (Å²) in [6.45, 7) is 0. The number of halogens is 2. The van der Waals surface area contributed by atoms with Gasteiger partial charge >= 0.3 is 0 Å². The summed E-state index contributed by atoms with van der Waals surface area (Å²) in [6.07, 6.45) is 1.58. The maximum absolute atomic E-state index is 9.73. The molecule has 0 aliphatic carbocycles. The van der Waals surface area contributed by atoms with Crippen LogP contribution in [0.15, 0.2) is 46.0 Å². The summed E-state index contributed by atoms with van der Waals surface area (Å²) < 4.78 is 5.77. The van der Waals surface area contributed by atoms with Crippen LogP contribution in [-0.2, 0) is 0 Å². The van der Waals surface area contributed by atoms with Crippen molar-refractivity contribution in [3.05, 3.63) is 51.5 Å². The highest BCUT2D eigenvalue weighted by Gasteiger charge is 2.06. The molecule has 4 nitrogen and oxygen atoms in total. The van der Waals surface area contributed by atoms with E-state index in [-0.39, 0.29) is 5.75 Å². The molecule has 0 atom stereocenters. The van der Waals surface area contributed by atoms with Crippen LogP contribution < -0.4 is 10.2 Å². The van der Waals surface area contributed by atoms with Gasteiger partial charge in [0.2, 0.25) is 0 Å². The zero-order chi connectivity index (χ0) is 14.5. The van der Waals surface area contributed by atoms with Gasteiger partial charge in [0.1, 0.15) is 0 Å². The van der Waals surface area contributed by atoms with Crippen LogP contribution in [0.4, 0.5) is 5.69 Å². The summed E-state index contributed by atoms with van der Waals surface area (Å²) in [4.78, 5) is 0. The number of nitrogens with one attached hydrogen (secondary N) is 1. The van der Waals surface area contributed by atoms with Gasteiger partial charge in [0.05, 0.1) is 24.0 Å². The number of phenolic OH excluding ortho intramolecular Hbond substituents is 1. The summed E-state index contributed by atoms with van der Waals surface area (Å²) in [7, 11) is 1.49. The van der Waals surface area contributed by atoms with Gasteiger partial charge in [0.25, 0.3) is 0 Å². The highest BCUT2D eigenvalue weighted by molar-refractivity contribution is 9.10. The van der Waals surface area contributed by atoms with Crippen molar-refractivity contribution >= 4 is 39.4 Å². The fourth-order valence-corrected chi connectivity index (χ4v) is 2.15. The number of para-hydroxylation sites is 1. The Balaban J connectivity index is 2.16. The average molecular weight is 356 g/mol. The van der Waals surface area contributed by atoms with Crippen LogP contribution in [0.5, 0.6) is 11.5 Å². The summed E-state index contributed by atoms with van der Waals surface area (Å²) in [6, 6.07) is 10.5. The lowest BCUT2D eigenvalue weighted by Gasteiger charge is -2.06. The topological polar surface area (TPSA) is 53.8 Å². The smallest absolute Gasteiger partial charge is 0.161 e. The van der Waals surface area contributed by atoms with Crippen LogP contribution in [-0.4, -0.2) is 18.4 Å². The van der Waals surface area contributed by atoms with Crippen molar-refractivity contribution in [3.8, 4) is 11.5 Å². The van der Waals surface area contributed by atoms with Crippen molar-refractivity contribution in [1.82, 2.24) is 0 Å². The Bertz CT molecular complexity index is 647. The predicted octanol–water partition coefficient (Wildman–Crippen LogP) is 4.26. The molecule has 20 heavy (non-hydrogen) atoms. The molecule has 2 aromatic rings. The third-order valence-electron chi connectivity index (χ3n) is 2.56. The van der Waals surface area contributed by atoms with Gasteiger partial charge in [-0.3, -0.25) is 5.43 Å². The lowest BCUT2D eigenvalue weighted by molar-refractivity contribution is 0.373. The lowest BCUT2D eigenvalue weighted by Crippen LogP contribution is -1.93. The number of hydrogen-bond acceptors (Lipinski definition) is 4. The van der Waals surface area contributed by atoms with Crippen molar-refractivity contribution < 1.29 is 9.84 Å². The van der Waals surface area contributed by atoms with Gasteiger partial charge in [0.15, 0.2) is 11.5 Å². The van der Waals surface area contributed by atoms with Gasteiger partial charge in [-0.1, -0.05) is 23.7 Å². The largest absolute Gasteiger partial charge is 0.504 e. The first-order chi connectivity index (χ1) is 9.61. The number of ether oxygens (including phenoxy) is 1. The van der Waals surface area contributed by atoms with Gasteiger partial charge in [-0.25, -0.2) is 0 Å². The average Bonchev–Trinajstić information content (AvgIpc) is 2.44. The third-order valence-corrected chi connectivity index (χ3v) is 3.58. The van der Waals surface area contributed by atoms with Gasteiger partial charge < -0.3 is 9.84 Å². The Kier molecular flexibility index (Phi) is 4.87. The standard InChI is InChI=1S/C14H12BrClN2O2/c1-20-14-7-10(15)9(6-13(14)19)8-17-18-12-5-3-2-4-11(12)16/h2-8,18-19H,1H3/b17-8-. The number of hydrazone groups is 1. The minimum absolute atomic E-state index is 0.0508. The molecule has 0 aromatic heterocycles. The quantitative estimate of drug-likeness (QED) is 0.636. The van der Waals surface area contributed by atoms with Crippen LogP contribution in [0.1, 0.15) is 5.56 Å². The predicted molar refractivity (Wildman–Crippen MR) is 85.0 cm³/mol. The highest BCUT2D eigenvalue weighted by atomic mass is 79.9. The summed E-state index contributed by atoms with van der Waals surface area (Å²) in [5.74, 6) is 0.447. The summed E-state index contributed by atoms with van der Waals surface area (Å²) in [5.41, 5.74) is 4.26. The Hall–Kier alpha value is -1.72. The summed E-state index contributed by atoms with van der Waals surface area (Å²) >= 11 is 9.39. The molecule has 0 fully saturated rings.